The number of methoxy groups -OCH3 is 1. The predicted octanol–water partition coefficient (Wildman–Crippen LogP) is 7.65. The fourth-order valence-electron chi connectivity index (χ4n) is 6.97. The van der Waals surface area contributed by atoms with Gasteiger partial charge < -0.3 is 25.2 Å². The molecule has 4 aromatic carbocycles. The quantitative estimate of drug-likeness (QED) is 0.132. The van der Waals surface area contributed by atoms with Crippen molar-refractivity contribution in [3.63, 3.8) is 0 Å². The molecule has 2 fully saturated rings. The minimum absolute atomic E-state index is 0.326. The van der Waals surface area contributed by atoms with Gasteiger partial charge in [-0.2, -0.15) is 9.97 Å². The number of fused-ring (bicyclic) bond motifs is 2. The molecule has 0 atom stereocenters. The molecule has 6 aromatic rings. The predicted molar refractivity (Wildman–Crippen MR) is 223 cm³/mol. The molecule has 2 N–H and O–H groups in total. The number of hydrogen-bond acceptors (Lipinski definition) is 12. The van der Waals surface area contributed by atoms with E-state index in [4.69, 9.17) is 24.7 Å². The van der Waals surface area contributed by atoms with Gasteiger partial charge >= 0.3 is 5.97 Å². The Hall–Kier alpha value is -5.82. The van der Waals surface area contributed by atoms with Crippen molar-refractivity contribution in [3.8, 4) is 0 Å². The molecule has 2 saturated heterocycles. The van der Waals surface area contributed by atoms with E-state index in [-0.39, 0.29) is 5.97 Å². The summed E-state index contributed by atoms with van der Waals surface area (Å²) in [5, 5.41) is 8.86. The van der Waals surface area contributed by atoms with E-state index in [1.807, 2.05) is 72.8 Å². The number of benzene rings is 4. The Balaban J connectivity index is 0.000000172. The maximum atomic E-state index is 11.6. The van der Waals surface area contributed by atoms with Gasteiger partial charge in [0.25, 0.3) is 0 Å². The number of sulfone groups is 1. The van der Waals surface area contributed by atoms with Gasteiger partial charge in [-0.1, -0.05) is 48.5 Å². The first-order valence-corrected chi connectivity index (χ1v) is 21.1. The van der Waals surface area contributed by atoms with Crippen LogP contribution >= 0.6 is 0 Å². The van der Waals surface area contributed by atoms with Crippen molar-refractivity contribution < 1.29 is 17.9 Å². The molecule has 0 unspecified atom stereocenters. The fourth-order valence-corrected chi connectivity index (χ4v) is 7.60. The number of nitrogens with one attached hydrogen (secondary N) is 2. The summed E-state index contributed by atoms with van der Waals surface area (Å²) in [6.45, 7) is 5.17. The first-order valence-electron chi connectivity index (χ1n) is 19.2. The number of carbonyl (C=O) groups is 1. The SMILES string of the molecule is COC(=O)c1ccc(CNc2nc(N3CCCCC3)nc3ccccc23)cc1.CS(=O)(=O)c1ccc(CNc2nc(N3CCCCC3)nc3ccccc23)cc1. The lowest BCUT2D eigenvalue weighted by atomic mass is 10.1. The van der Waals surface area contributed by atoms with Crippen molar-refractivity contribution in [3.05, 3.63) is 114 Å². The third kappa shape index (κ3) is 9.51. The van der Waals surface area contributed by atoms with Gasteiger partial charge in [0.15, 0.2) is 9.84 Å². The molecule has 8 rings (SSSR count). The molecule has 0 radical (unpaired) electrons. The van der Waals surface area contributed by atoms with E-state index in [1.165, 1.54) is 51.9 Å². The molecular weight excluding hydrogens is 725 g/mol. The number of para-hydroxylation sites is 2. The zero-order valence-corrected chi connectivity index (χ0v) is 32.8. The molecule has 0 spiro atoms. The zero-order chi connectivity index (χ0) is 38.9. The van der Waals surface area contributed by atoms with Crippen LogP contribution in [0.25, 0.3) is 21.8 Å². The normalized spacial score (nSPS) is 14.5. The number of anilines is 4. The first-order chi connectivity index (χ1) is 27.2. The van der Waals surface area contributed by atoms with Gasteiger partial charge in [0.05, 0.1) is 28.6 Å². The molecule has 2 aliphatic rings. The summed E-state index contributed by atoms with van der Waals surface area (Å²) in [5.41, 5.74) is 4.48. The first kappa shape index (κ1) is 38.5. The number of piperidine rings is 2. The summed E-state index contributed by atoms with van der Waals surface area (Å²) >= 11 is 0. The number of nitrogens with zero attached hydrogens (tertiary/aromatic N) is 6. The lowest BCUT2D eigenvalue weighted by Gasteiger charge is -2.27. The second-order valence-corrected chi connectivity index (χ2v) is 16.2. The van der Waals surface area contributed by atoms with Crippen molar-refractivity contribution >= 4 is 61.1 Å². The molecule has 0 aliphatic carbocycles. The van der Waals surface area contributed by atoms with Crippen LogP contribution in [0.5, 0.6) is 0 Å². The highest BCUT2D eigenvalue weighted by atomic mass is 32.2. The van der Waals surface area contributed by atoms with Crippen LogP contribution in [0.3, 0.4) is 0 Å². The van der Waals surface area contributed by atoms with Gasteiger partial charge in [-0.05, 0) is 98.2 Å². The van der Waals surface area contributed by atoms with Crippen molar-refractivity contribution in [1.29, 1.82) is 0 Å². The second kappa shape index (κ2) is 17.8. The van der Waals surface area contributed by atoms with E-state index in [2.05, 4.69) is 20.4 Å². The van der Waals surface area contributed by atoms with Gasteiger partial charge in [0.2, 0.25) is 11.9 Å². The highest BCUT2D eigenvalue weighted by Gasteiger charge is 2.18. The molecule has 0 saturated carbocycles. The number of carbonyl (C=O) groups excluding carboxylic acids is 1. The smallest absolute Gasteiger partial charge is 0.337 e. The third-order valence-electron chi connectivity index (χ3n) is 10.1. The minimum Gasteiger partial charge on any atom is -0.465 e. The van der Waals surface area contributed by atoms with E-state index in [1.54, 1.807) is 24.3 Å². The standard InChI is InChI=1S/C22H24N4O2.C21H24N4O2S/c1-28-21(27)17-11-9-16(10-12-17)15-23-20-18-7-3-4-8-19(18)24-22(25-20)26-13-5-2-6-14-26;1-28(26,27)17-11-9-16(10-12-17)15-22-20-18-7-3-4-8-19(18)23-21(24-20)25-13-5-2-6-14-25/h3-4,7-12H,2,5-6,13-15H2,1H3,(H,23,24,25);3-4,7-12H,2,5-6,13-15H2,1H3,(H,22,23,24). The molecule has 13 heteroatoms. The molecule has 290 valence electrons. The minimum atomic E-state index is -3.18. The van der Waals surface area contributed by atoms with E-state index < -0.39 is 9.84 Å². The van der Waals surface area contributed by atoms with Gasteiger partial charge in [0, 0.05) is 56.3 Å². The number of esters is 1. The summed E-state index contributed by atoms with van der Waals surface area (Å²) in [4.78, 5) is 35.6. The van der Waals surface area contributed by atoms with E-state index in [0.29, 0.717) is 23.5 Å². The molecule has 2 aromatic heterocycles. The van der Waals surface area contributed by atoms with Crippen LogP contribution < -0.4 is 20.4 Å². The van der Waals surface area contributed by atoms with E-state index in [9.17, 15) is 13.2 Å². The highest BCUT2D eigenvalue weighted by Crippen LogP contribution is 2.27. The largest absolute Gasteiger partial charge is 0.465 e. The molecular formula is C43H48N8O4S. The average Bonchev–Trinajstić information content (AvgIpc) is 3.25. The average molecular weight is 773 g/mol. The van der Waals surface area contributed by atoms with Crippen LogP contribution in [0.1, 0.15) is 60.0 Å². The van der Waals surface area contributed by atoms with Crippen LogP contribution in [0.4, 0.5) is 23.5 Å². The highest BCUT2D eigenvalue weighted by molar-refractivity contribution is 7.90. The van der Waals surface area contributed by atoms with Crippen molar-refractivity contribution in [2.75, 3.05) is 60.0 Å². The van der Waals surface area contributed by atoms with Gasteiger partial charge in [-0.25, -0.2) is 23.2 Å². The summed E-state index contributed by atoms with van der Waals surface area (Å²) in [5.74, 6) is 2.88. The topological polar surface area (TPSA) is 143 Å². The van der Waals surface area contributed by atoms with Crippen LogP contribution in [0.2, 0.25) is 0 Å². The number of rotatable bonds is 10. The second-order valence-electron chi connectivity index (χ2n) is 14.2. The molecule has 4 heterocycles. The fraction of sp³-hybridized carbons (Fsp3) is 0.326. The zero-order valence-electron chi connectivity index (χ0n) is 31.9. The lowest BCUT2D eigenvalue weighted by Crippen LogP contribution is -2.31. The molecule has 0 bridgehead atoms. The Labute approximate surface area is 328 Å². The molecule has 0 amide bonds. The molecule has 2 aliphatic heterocycles. The van der Waals surface area contributed by atoms with Gasteiger partial charge in [0.1, 0.15) is 11.6 Å². The molecule has 12 nitrogen and oxygen atoms in total. The van der Waals surface area contributed by atoms with Gasteiger partial charge in [-0.15, -0.1) is 0 Å². The van der Waals surface area contributed by atoms with Crippen LogP contribution in [0.15, 0.2) is 102 Å². The number of aromatic nitrogens is 4. The van der Waals surface area contributed by atoms with Crippen LogP contribution in [0, 0.1) is 0 Å². The number of hydrogen-bond donors (Lipinski definition) is 2. The maximum Gasteiger partial charge on any atom is 0.337 e. The Kier molecular flexibility index (Phi) is 12.2. The maximum absolute atomic E-state index is 11.6. The van der Waals surface area contributed by atoms with E-state index in [0.717, 1.165) is 82.6 Å². The van der Waals surface area contributed by atoms with Crippen molar-refractivity contribution in [1.82, 2.24) is 19.9 Å². The monoisotopic (exact) mass is 772 g/mol. The van der Waals surface area contributed by atoms with E-state index >= 15 is 0 Å². The summed E-state index contributed by atoms with van der Waals surface area (Å²) in [6, 6.07) is 30.4. The summed E-state index contributed by atoms with van der Waals surface area (Å²) < 4.78 is 28.0. The Bertz CT molecular complexity index is 2380. The van der Waals surface area contributed by atoms with Crippen LogP contribution in [-0.4, -0.2) is 73.9 Å². The summed E-state index contributed by atoms with van der Waals surface area (Å²) in [6.07, 6.45) is 8.47. The Morgan fingerprint density at radius 1 is 0.607 bits per heavy atom. The lowest BCUT2D eigenvalue weighted by molar-refractivity contribution is 0.0600. The van der Waals surface area contributed by atoms with Crippen molar-refractivity contribution in [2.45, 2.75) is 56.5 Å². The summed E-state index contributed by atoms with van der Waals surface area (Å²) in [7, 11) is -1.79. The molecule has 56 heavy (non-hydrogen) atoms. The van der Waals surface area contributed by atoms with Crippen molar-refractivity contribution in [2.24, 2.45) is 0 Å². The number of ether oxygens (including phenoxy) is 1. The Morgan fingerprint density at radius 3 is 1.46 bits per heavy atom. The van der Waals surface area contributed by atoms with Gasteiger partial charge in [-0.3, -0.25) is 0 Å². The Morgan fingerprint density at radius 2 is 1.04 bits per heavy atom. The third-order valence-corrected chi connectivity index (χ3v) is 11.2. The van der Waals surface area contributed by atoms with Crippen LogP contribution in [-0.2, 0) is 27.7 Å².